The molecule has 2 aromatic carbocycles. The molecule has 2 fully saturated rings. The molecule has 2 aliphatic heterocycles. The molecule has 1 aliphatic carbocycles. The Balaban J connectivity index is 1.41. The number of nitrogens with one attached hydrogen (secondary N) is 3. The molecule has 1 saturated carbocycles. The maximum absolute atomic E-state index is 13.8. The van der Waals surface area contributed by atoms with Crippen molar-refractivity contribution in [3.63, 3.8) is 0 Å². The fraction of sp³-hybridized carbons (Fsp3) is 0.514. The van der Waals surface area contributed by atoms with E-state index in [1.165, 1.54) is 13.2 Å². The van der Waals surface area contributed by atoms with Gasteiger partial charge in [-0.25, -0.2) is 4.79 Å². The van der Waals surface area contributed by atoms with Crippen LogP contribution in [0, 0.1) is 16.7 Å². The molecular formula is C37H46ClN3O7. The Labute approximate surface area is 287 Å². The van der Waals surface area contributed by atoms with Gasteiger partial charge in [0.2, 0.25) is 17.7 Å². The summed E-state index contributed by atoms with van der Waals surface area (Å²) in [6, 6.07) is 13.2. The van der Waals surface area contributed by atoms with E-state index >= 15 is 0 Å². The van der Waals surface area contributed by atoms with Gasteiger partial charge in [-0.05, 0) is 54.0 Å². The highest BCUT2D eigenvalue weighted by molar-refractivity contribution is 6.32. The lowest BCUT2D eigenvalue weighted by molar-refractivity contribution is -0.157. The van der Waals surface area contributed by atoms with Gasteiger partial charge in [0.05, 0.1) is 23.7 Å². The molecule has 3 amide bonds. The summed E-state index contributed by atoms with van der Waals surface area (Å²) in [5.74, 6) is -1.46. The highest BCUT2D eigenvalue weighted by Crippen LogP contribution is 2.46. The number of hydrogen-bond acceptors (Lipinski definition) is 7. The number of epoxide rings is 1. The van der Waals surface area contributed by atoms with Gasteiger partial charge in [0.15, 0.2) is 0 Å². The maximum atomic E-state index is 13.8. The van der Waals surface area contributed by atoms with Crippen molar-refractivity contribution in [3.8, 4) is 5.75 Å². The van der Waals surface area contributed by atoms with Gasteiger partial charge in [0.1, 0.15) is 30.0 Å². The Morgan fingerprint density at radius 3 is 2.40 bits per heavy atom. The van der Waals surface area contributed by atoms with Gasteiger partial charge in [-0.15, -0.1) is 0 Å². The fourth-order valence-corrected chi connectivity index (χ4v) is 6.47. The Kier molecular flexibility index (Phi) is 10.8. The van der Waals surface area contributed by atoms with Crippen molar-refractivity contribution >= 4 is 35.3 Å². The molecule has 1 saturated heterocycles. The molecule has 3 aliphatic rings. The highest BCUT2D eigenvalue weighted by Gasteiger charge is 2.52. The normalized spacial score (nSPS) is 27.6. The largest absolute Gasteiger partial charge is 0.495 e. The second-order valence-corrected chi connectivity index (χ2v) is 14.8. The molecule has 258 valence electrons. The zero-order valence-corrected chi connectivity index (χ0v) is 29.0. The molecule has 48 heavy (non-hydrogen) atoms. The molecule has 2 aromatic rings. The molecule has 0 radical (unpaired) electrons. The van der Waals surface area contributed by atoms with Crippen molar-refractivity contribution in [2.45, 2.75) is 90.2 Å². The van der Waals surface area contributed by atoms with E-state index in [4.69, 9.17) is 25.8 Å². The lowest BCUT2D eigenvalue weighted by Crippen LogP contribution is -2.52. The zero-order valence-electron chi connectivity index (χ0n) is 28.2. The van der Waals surface area contributed by atoms with Crippen LogP contribution in [0.15, 0.2) is 60.7 Å². The van der Waals surface area contributed by atoms with Crippen LogP contribution in [0.4, 0.5) is 0 Å². The summed E-state index contributed by atoms with van der Waals surface area (Å²) < 4.78 is 17.5. The predicted octanol–water partition coefficient (Wildman–Crippen LogP) is 4.84. The van der Waals surface area contributed by atoms with Crippen molar-refractivity contribution in [2.24, 2.45) is 16.7 Å². The number of amides is 3. The number of rotatable bonds is 7. The third kappa shape index (κ3) is 8.96. The molecule has 0 unspecified atom stereocenters. The first-order chi connectivity index (χ1) is 22.8. The van der Waals surface area contributed by atoms with Crippen molar-refractivity contribution in [3.05, 3.63) is 76.8 Å². The van der Waals surface area contributed by atoms with Crippen LogP contribution in [-0.4, -0.2) is 61.6 Å². The van der Waals surface area contributed by atoms with Crippen LogP contribution in [0.1, 0.15) is 70.6 Å². The first kappa shape index (κ1) is 35.4. The molecule has 10 nitrogen and oxygen atoms in total. The Bertz CT molecular complexity index is 1540. The van der Waals surface area contributed by atoms with Gasteiger partial charge < -0.3 is 30.2 Å². The minimum atomic E-state index is -0.939. The summed E-state index contributed by atoms with van der Waals surface area (Å²) in [4.78, 5) is 54.2. The van der Waals surface area contributed by atoms with Crippen molar-refractivity contribution in [2.75, 3.05) is 13.7 Å². The quantitative estimate of drug-likeness (QED) is 0.282. The summed E-state index contributed by atoms with van der Waals surface area (Å²) in [5, 5.41) is 9.05. The Hall–Kier alpha value is -3.89. The van der Waals surface area contributed by atoms with Gasteiger partial charge in [-0.1, -0.05) is 81.8 Å². The number of methoxy groups -OCH3 is 1. The number of halogens is 1. The lowest BCUT2D eigenvalue weighted by Gasteiger charge is -2.30. The number of ether oxygens (including phenoxy) is 3. The number of esters is 1. The monoisotopic (exact) mass is 679 g/mol. The number of cyclic esters (lactones) is 1. The van der Waals surface area contributed by atoms with E-state index in [0.717, 1.165) is 11.1 Å². The van der Waals surface area contributed by atoms with Crippen LogP contribution in [0.25, 0.3) is 0 Å². The Morgan fingerprint density at radius 2 is 1.75 bits per heavy atom. The van der Waals surface area contributed by atoms with E-state index in [0.29, 0.717) is 30.0 Å². The second kappa shape index (κ2) is 14.7. The van der Waals surface area contributed by atoms with Crippen LogP contribution in [0.5, 0.6) is 5.75 Å². The summed E-state index contributed by atoms with van der Waals surface area (Å²) in [6.45, 7) is 8.03. The van der Waals surface area contributed by atoms with Crippen LogP contribution in [0.3, 0.4) is 0 Å². The third-order valence-corrected chi connectivity index (χ3v) is 9.59. The number of benzene rings is 2. The van der Waals surface area contributed by atoms with Gasteiger partial charge in [-0.3, -0.25) is 14.4 Å². The van der Waals surface area contributed by atoms with Crippen LogP contribution in [-0.2, 0) is 35.1 Å². The summed E-state index contributed by atoms with van der Waals surface area (Å²) in [6.07, 6.45) is 3.93. The van der Waals surface area contributed by atoms with E-state index in [1.54, 1.807) is 24.3 Å². The first-order valence-electron chi connectivity index (χ1n) is 16.6. The zero-order chi connectivity index (χ0) is 34.6. The van der Waals surface area contributed by atoms with Gasteiger partial charge >= 0.3 is 5.97 Å². The SMILES string of the molecule is COc1ccc(C[C@H]2NC(=O)/C=C/C[C@@H]([C@H](C)[C@H]3O[C@@H]3c3ccccc3)OC(=O)[C@H](CC(C)(C)C)NC(=O)C3(CC3)CNC2=O)cc1Cl. The predicted molar refractivity (Wildman–Crippen MR) is 181 cm³/mol. The topological polar surface area (TPSA) is 135 Å². The minimum Gasteiger partial charge on any atom is -0.495 e. The van der Waals surface area contributed by atoms with Crippen molar-refractivity contribution < 1.29 is 33.4 Å². The molecule has 0 aromatic heterocycles. The molecule has 0 bridgehead atoms. The Morgan fingerprint density at radius 1 is 1.02 bits per heavy atom. The standard InChI is InChI=1S/C37H46ClN3O7/c1-22(31-32(48-31)24-10-7-6-8-11-24)28-12-9-13-30(42)40-26(19-23-14-15-29(46-5)25(38)18-23)33(43)39-21-37(16-17-37)35(45)41-27(34(44)47-28)20-36(2,3)4/h6-11,13-15,18,22,26-28,31-32H,12,16-17,19-21H2,1-5H3,(H,39,43)(H,40,42)(H,41,45)/b13-9+/t22-,26+,27-,28-,31+,32+/m0/s1. The third-order valence-electron chi connectivity index (χ3n) is 9.30. The molecule has 2 heterocycles. The van der Waals surface area contributed by atoms with E-state index in [1.807, 2.05) is 58.0 Å². The van der Waals surface area contributed by atoms with E-state index in [9.17, 15) is 19.2 Å². The highest BCUT2D eigenvalue weighted by atomic mass is 35.5. The lowest BCUT2D eigenvalue weighted by atomic mass is 9.87. The average molecular weight is 680 g/mol. The minimum absolute atomic E-state index is 0.0695. The van der Waals surface area contributed by atoms with E-state index in [-0.39, 0.29) is 48.8 Å². The average Bonchev–Trinajstić information content (AvgIpc) is 3.97. The molecule has 11 heteroatoms. The van der Waals surface area contributed by atoms with E-state index in [2.05, 4.69) is 16.0 Å². The van der Waals surface area contributed by atoms with Gasteiger partial charge in [0, 0.05) is 25.3 Å². The van der Waals surface area contributed by atoms with Crippen molar-refractivity contribution in [1.82, 2.24) is 16.0 Å². The summed E-state index contributed by atoms with van der Waals surface area (Å²) >= 11 is 6.34. The number of carbonyl (C=O) groups is 4. The van der Waals surface area contributed by atoms with Crippen molar-refractivity contribution in [1.29, 1.82) is 0 Å². The van der Waals surface area contributed by atoms with Gasteiger partial charge in [-0.2, -0.15) is 0 Å². The smallest absolute Gasteiger partial charge is 0.328 e. The van der Waals surface area contributed by atoms with Gasteiger partial charge in [0.25, 0.3) is 0 Å². The number of carbonyl (C=O) groups excluding carboxylic acids is 4. The van der Waals surface area contributed by atoms with Crippen LogP contribution >= 0.6 is 11.6 Å². The first-order valence-corrected chi connectivity index (χ1v) is 17.0. The van der Waals surface area contributed by atoms with Crippen LogP contribution < -0.4 is 20.7 Å². The molecule has 5 rings (SSSR count). The second-order valence-electron chi connectivity index (χ2n) is 14.4. The molecule has 6 atom stereocenters. The molecular weight excluding hydrogens is 634 g/mol. The summed E-state index contributed by atoms with van der Waals surface area (Å²) in [5.41, 5.74) is 0.621. The number of hydrogen-bond donors (Lipinski definition) is 3. The fourth-order valence-electron chi connectivity index (χ4n) is 6.19. The van der Waals surface area contributed by atoms with E-state index < -0.39 is 41.4 Å². The maximum Gasteiger partial charge on any atom is 0.328 e. The molecule has 1 spiro atoms. The molecule has 3 N–H and O–H groups in total. The summed E-state index contributed by atoms with van der Waals surface area (Å²) in [7, 11) is 1.52. The van der Waals surface area contributed by atoms with Crippen LogP contribution in [0.2, 0.25) is 5.02 Å².